The van der Waals surface area contributed by atoms with Crippen molar-refractivity contribution in [3.8, 4) is 5.75 Å². The number of amides is 1. The van der Waals surface area contributed by atoms with Gasteiger partial charge in [-0.05, 0) is 18.6 Å². The fraction of sp³-hybridized carbons (Fsp3) is 0.0833. The molecule has 6 heteroatoms. The number of anilines is 1. The van der Waals surface area contributed by atoms with Crippen LogP contribution in [0.1, 0.15) is 15.9 Å². The Morgan fingerprint density at radius 3 is 2.94 bits per heavy atom. The highest BCUT2D eigenvalue weighted by Gasteiger charge is 2.13. The fourth-order valence-electron chi connectivity index (χ4n) is 1.43. The van der Waals surface area contributed by atoms with E-state index < -0.39 is 11.5 Å². The zero-order valence-corrected chi connectivity index (χ0v) is 9.60. The maximum absolute atomic E-state index is 11.9. The van der Waals surface area contributed by atoms with Gasteiger partial charge in [-0.3, -0.25) is 9.59 Å². The number of hydrogen-bond acceptors (Lipinski definition) is 4. The molecule has 92 valence electrons. The van der Waals surface area contributed by atoms with Crippen molar-refractivity contribution < 1.29 is 9.90 Å². The number of nitrogens with one attached hydrogen (secondary N) is 2. The second-order valence-corrected chi connectivity index (χ2v) is 3.72. The second kappa shape index (κ2) is 4.70. The predicted octanol–water partition coefficient (Wildman–Crippen LogP) is 1.04. The number of nitrogens with zero attached hydrogens (tertiary/aromatic N) is 1. The Morgan fingerprint density at radius 1 is 1.50 bits per heavy atom. The number of aryl methyl sites for hydroxylation is 1. The van der Waals surface area contributed by atoms with E-state index in [9.17, 15) is 14.7 Å². The number of H-pyrrole nitrogens is 1. The van der Waals surface area contributed by atoms with Gasteiger partial charge in [0.05, 0.1) is 5.56 Å². The molecule has 18 heavy (non-hydrogen) atoms. The molecule has 0 radical (unpaired) electrons. The summed E-state index contributed by atoms with van der Waals surface area (Å²) >= 11 is 0. The molecule has 2 aromatic heterocycles. The molecule has 0 saturated carbocycles. The number of hydrogen-bond donors (Lipinski definition) is 3. The monoisotopic (exact) mass is 245 g/mol. The van der Waals surface area contributed by atoms with Crippen LogP contribution in [-0.2, 0) is 0 Å². The standard InChI is InChI=1S/C12H11N3O3/c1-7-3-2-4-13-11(7)15-12(18)8-6-14-10(17)5-9(8)16/h2-6H,1H3,(H,13,15,18)(H2,14,16,17). The van der Waals surface area contributed by atoms with Gasteiger partial charge in [0.2, 0.25) is 0 Å². The Morgan fingerprint density at radius 2 is 2.28 bits per heavy atom. The summed E-state index contributed by atoms with van der Waals surface area (Å²) in [5, 5.41) is 12.1. The molecule has 2 heterocycles. The van der Waals surface area contributed by atoms with Crippen LogP contribution in [0.5, 0.6) is 5.75 Å². The summed E-state index contributed by atoms with van der Waals surface area (Å²) in [6.07, 6.45) is 2.71. The van der Waals surface area contributed by atoms with Gasteiger partial charge in [0, 0.05) is 18.5 Å². The van der Waals surface area contributed by atoms with Crippen LogP contribution in [-0.4, -0.2) is 21.0 Å². The zero-order valence-electron chi connectivity index (χ0n) is 9.60. The van der Waals surface area contributed by atoms with Gasteiger partial charge in [0.25, 0.3) is 11.5 Å². The van der Waals surface area contributed by atoms with E-state index in [2.05, 4.69) is 15.3 Å². The zero-order chi connectivity index (χ0) is 13.1. The summed E-state index contributed by atoms with van der Waals surface area (Å²) in [7, 11) is 0. The van der Waals surface area contributed by atoms with E-state index in [4.69, 9.17) is 0 Å². The van der Waals surface area contributed by atoms with Gasteiger partial charge in [-0.25, -0.2) is 4.98 Å². The van der Waals surface area contributed by atoms with Crippen molar-refractivity contribution in [3.05, 3.63) is 52.1 Å². The lowest BCUT2D eigenvalue weighted by Crippen LogP contribution is -2.16. The van der Waals surface area contributed by atoms with Crippen LogP contribution < -0.4 is 10.9 Å². The van der Waals surface area contributed by atoms with Crippen molar-refractivity contribution in [2.75, 3.05) is 5.32 Å². The van der Waals surface area contributed by atoms with E-state index in [1.807, 2.05) is 0 Å². The van der Waals surface area contributed by atoms with Crippen LogP contribution >= 0.6 is 0 Å². The average molecular weight is 245 g/mol. The Labute approximate surface area is 102 Å². The number of aromatic hydroxyl groups is 1. The third kappa shape index (κ3) is 2.37. The summed E-state index contributed by atoms with van der Waals surface area (Å²) in [5.41, 5.74) is 0.312. The summed E-state index contributed by atoms with van der Waals surface area (Å²) in [4.78, 5) is 29.1. The van der Waals surface area contributed by atoms with Gasteiger partial charge in [-0.2, -0.15) is 0 Å². The molecule has 3 N–H and O–H groups in total. The highest BCUT2D eigenvalue weighted by atomic mass is 16.3. The normalized spacial score (nSPS) is 10.1. The fourth-order valence-corrected chi connectivity index (χ4v) is 1.43. The summed E-state index contributed by atoms with van der Waals surface area (Å²) in [5.74, 6) is -0.497. The molecule has 0 aliphatic heterocycles. The van der Waals surface area contributed by atoms with Crippen LogP contribution in [0.2, 0.25) is 0 Å². The lowest BCUT2D eigenvalue weighted by molar-refractivity contribution is 0.102. The first-order chi connectivity index (χ1) is 8.58. The number of carbonyl (C=O) groups excluding carboxylic acids is 1. The number of aromatic nitrogens is 2. The Bertz CT molecular complexity index is 649. The maximum atomic E-state index is 11.9. The van der Waals surface area contributed by atoms with Crippen LogP contribution in [0.4, 0.5) is 5.82 Å². The molecule has 0 unspecified atom stereocenters. The smallest absolute Gasteiger partial charge is 0.262 e. The van der Waals surface area contributed by atoms with E-state index in [1.54, 1.807) is 25.3 Å². The summed E-state index contributed by atoms with van der Waals surface area (Å²) < 4.78 is 0. The van der Waals surface area contributed by atoms with E-state index in [1.165, 1.54) is 0 Å². The van der Waals surface area contributed by atoms with Crippen LogP contribution in [0.15, 0.2) is 35.4 Å². The van der Waals surface area contributed by atoms with Crippen LogP contribution in [0, 0.1) is 6.92 Å². The molecule has 1 amide bonds. The molecule has 0 aliphatic carbocycles. The Kier molecular flexibility index (Phi) is 3.09. The molecule has 0 spiro atoms. The molecule has 0 atom stereocenters. The molecule has 0 aliphatic rings. The van der Waals surface area contributed by atoms with Gasteiger partial charge < -0.3 is 15.4 Å². The quantitative estimate of drug-likeness (QED) is 0.736. The van der Waals surface area contributed by atoms with Gasteiger partial charge in [-0.15, -0.1) is 0 Å². The highest BCUT2D eigenvalue weighted by molar-refractivity contribution is 6.05. The minimum Gasteiger partial charge on any atom is -0.507 e. The van der Waals surface area contributed by atoms with Crippen LogP contribution in [0.25, 0.3) is 0 Å². The number of carbonyl (C=O) groups is 1. The molecule has 0 fully saturated rings. The third-order valence-corrected chi connectivity index (χ3v) is 2.39. The Hall–Kier alpha value is -2.63. The minimum absolute atomic E-state index is 0.0142. The van der Waals surface area contributed by atoms with Crippen LogP contribution in [0.3, 0.4) is 0 Å². The van der Waals surface area contributed by atoms with Gasteiger partial charge in [0.1, 0.15) is 11.6 Å². The van der Waals surface area contributed by atoms with Gasteiger partial charge >= 0.3 is 0 Å². The SMILES string of the molecule is Cc1cccnc1NC(=O)c1c[nH]c(=O)cc1O. The molecule has 0 saturated heterocycles. The van der Waals surface area contributed by atoms with E-state index in [-0.39, 0.29) is 11.3 Å². The molecule has 2 aromatic rings. The first kappa shape index (κ1) is 11.8. The predicted molar refractivity (Wildman–Crippen MR) is 65.7 cm³/mol. The second-order valence-electron chi connectivity index (χ2n) is 3.72. The van der Waals surface area contributed by atoms with E-state index >= 15 is 0 Å². The maximum Gasteiger partial charge on any atom is 0.262 e. The van der Waals surface area contributed by atoms with Crippen molar-refractivity contribution in [1.82, 2.24) is 9.97 Å². The minimum atomic E-state index is -0.537. The lowest BCUT2D eigenvalue weighted by atomic mass is 10.2. The molecule has 6 nitrogen and oxygen atoms in total. The third-order valence-electron chi connectivity index (χ3n) is 2.39. The highest BCUT2D eigenvalue weighted by Crippen LogP contribution is 2.15. The van der Waals surface area contributed by atoms with Crippen molar-refractivity contribution >= 4 is 11.7 Å². The number of aromatic amines is 1. The first-order valence-corrected chi connectivity index (χ1v) is 5.22. The van der Waals surface area contributed by atoms with Crippen molar-refractivity contribution in [2.45, 2.75) is 6.92 Å². The summed E-state index contributed by atoms with van der Waals surface area (Å²) in [6.45, 7) is 1.80. The topological polar surface area (TPSA) is 95.1 Å². The van der Waals surface area contributed by atoms with Crippen molar-refractivity contribution in [2.24, 2.45) is 0 Å². The largest absolute Gasteiger partial charge is 0.507 e. The average Bonchev–Trinajstić information content (AvgIpc) is 2.32. The lowest BCUT2D eigenvalue weighted by Gasteiger charge is -2.07. The number of pyridine rings is 2. The Balaban J connectivity index is 2.28. The van der Waals surface area contributed by atoms with E-state index in [0.717, 1.165) is 17.8 Å². The van der Waals surface area contributed by atoms with E-state index in [0.29, 0.717) is 5.82 Å². The molecule has 0 aromatic carbocycles. The van der Waals surface area contributed by atoms with Crippen molar-refractivity contribution in [3.63, 3.8) is 0 Å². The molecular formula is C12H11N3O3. The van der Waals surface area contributed by atoms with Gasteiger partial charge in [-0.1, -0.05) is 6.07 Å². The molecule has 0 bridgehead atoms. The molecule has 2 rings (SSSR count). The molecular weight excluding hydrogens is 234 g/mol. The van der Waals surface area contributed by atoms with Gasteiger partial charge in [0.15, 0.2) is 0 Å². The first-order valence-electron chi connectivity index (χ1n) is 5.22. The summed E-state index contributed by atoms with van der Waals surface area (Å²) in [6, 6.07) is 4.50. The van der Waals surface area contributed by atoms with Crippen molar-refractivity contribution in [1.29, 1.82) is 0 Å². The number of rotatable bonds is 2.